The Morgan fingerprint density at radius 2 is 1.62 bits per heavy atom. The van der Waals surface area contributed by atoms with Crippen molar-refractivity contribution in [2.45, 2.75) is 24.8 Å². The third-order valence-electron chi connectivity index (χ3n) is 5.32. The summed E-state index contributed by atoms with van der Waals surface area (Å²) >= 11 is 0. The van der Waals surface area contributed by atoms with Crippen molar-refractivity contribution in [1.82, 2.24) is 20.2 Å². The fraction of sp³-hybridized carbons (Fsp3) is 0.115. The molecule has 37 heavy (non-hydrogen) atoms. The van der Waals surface area contributed by atoms with Gasteiger partial charge in [-0.3, -0.25) is 9.65 Å². The number of aryl methyl sites for hydroxylation is 2. The number of nitrogens with zero attached hydrogens (tertiary/aromatic N) is 3. The number of aliphatic hydroxyl groups excluding tert-OH is 1. The lowest BCUT2D eigenvalue weighted by atomic mass is 10.1. The molecule has 5 aromatic rings. The van der Waals surface area contributed by atoms with E-state index in [4.69, 9.17) is 4.55 Å². The highest BCUT2D eigenvalue weighted by molar-refractivity contribution is 7.85. The first-order valence-corrected chi connectivity index (χ1v) is 12.6. The Hall–Kier alpha value is -4.19. The van der Waals surface area contributed by atoms with E-state index in [1.807, 2.05) is 44.2 Å². The molecule has 0 saturated carbocycles. The van der Waals surface area contributed by atoms with E-state index in [-0.39, 0.29) is 16.5 Å². The quantitative estimate of drug-likeness (QED) is 0.240. The summed E-state index contributed by atoms with van der Waals surface area (Å²) in [6.45, 7) is 3.74. The summed E-state index contributed by atoms with van der Waals surface area (Å²) in [5, 5.41) is 21.6. The molecule has 0 bridgehead atoms. The van der Waals surface area contributed by atoms with Gasteiger partial charge in [0, 0.05) is 17.1 Å². The molecule has 3 aromatic carbocycles. The van der Waals surface area contributed by atoms with Crippen LogP contribution in [0.3, 0.4) is 0 Å². The van der Waals surface area contributed by atoms with Gasteiger partial charge >= 0.3 is 0 Å². The van der Waals surface area contributed by atoms with Crippen LogP contribution in [0.25, 0.3) is 10.9 Å². The van der Waals surface area contributed by atoms with Gasteiger partial charge < -0.3 is 10.4 Å². The van der Waals surface area contributed by atoms with Crippen LogP contribution < -0.4 is 5.32 Å². The van der Waals surface area contributed by atoms with E-state index < -0.39 is 16.2 Å². The molecule has 2 heterocycles. The third-order valence-corrected chi connectivity index (χ3v) is 6.19. The van der Waals surface area contributed by atoms with Crippen LogP contribution in [0, 0.1) is 19.7 Å². The predicted molar refractivity (Wildman–Crippen MR) is 138 cm³/mol. The Balaban J connectivity index is 0.000000245. The molecular formula is C26H24FN5O4S. The Morgan fingerprint density at radius 1 is 0.946 bits per heavy atom. The SMILES string of the molecule is Cc1cc(Nc2nc([C@@H](O)c3ccc(F)cc3)nc3ccccc23)n[nH]1.Cc1ccc(S(=O)(=O)O)cc1. The Morgan fingerprint density at radius 3 is 2.24 bits per heavy atom. The number of aliphatic hydroxyl groups is 1. The van der Waals surface area contributed by atoms with Crippen LogP contribution in [0.2, 0.25) is 0 Å². The van der Waals surface area contributed by atoms with Crippen molar-refractivity contribution in [1.29, 1.82) is 0 Å². The number of halogens is 1. The van der Waals surface area contributed by atoms with Crippen molar-refractivity contribution in [3.63, 3.8) is 0 Å². The van der Waals surface area contributed by atoms with Gasteiger partial charge in [0.1, 0.15) is 17.7 Å². The van der Waals surface area contributed by atoms with Gasteiger partial charge in [0.05, 0.1) is 10.4 Å². The molecule has 0 fully saturated rings. The molecule has 0 saturated heterocycles. The fourth-order valence-electron chi connectivity index (χ4n) is 3.42. The summed E-state index contributed by atoms with van der Waals surface area (Å²) in [7, 11) is -4.02. The van der Waals surface area contributed by atoms with Gasteiger partial charge in [-0.05, 0) is 55.8 Å². The van der Waals surface area contributed by atoms with E-state index in [1.54, 1.807) is 12.1 Å². The summed E-state index contributed by atoms with van der Waals surface area (Å²) in [4.78, 5) is 8.88. The molecule has 0 radical (unpaired) electrons. The van der Waals surface area contributed by atoms with Gasteiger partial charge in [0.15, 0.2) is 11.6 Å². The minimum atomic E-state index is -4.02. The van der Waals surface area contributed by atoms with Crippen molar-refractivity contribution in [2.24, 2.45) is 0 Å². The third kappa shape index (κ3) is 6.53. The molecule has 0 unspecified atom stereocenters. The first kappa shape index (κ1) is 25.9. The summed E-state index contributed by atoms with van der Waals surface area (Å²) in [5.41, 5.74) is 3.08. The topological polar surface area (TPSA) is 141 Å². The smallest absolute Gasteiger partial charge is 0.294 e. The second-order valence-electron chi connectivity index (χ2n) is 8.25. The number of hydrogen-bond donors (Lipinski definition) is 4. The molecule has 4 N–H and O–H groups in total. The largest absolute Gasteiger partial charge is 0.380 e. The first-order valence-electron chi connectivity index (χ1n) is 11.1. The van der Waals surface area contributed by atoms with E-state index >= 15 is 0 Å². The van der Waals surface area contributed by atoms with Crippen molar-refractivity contribution < 1.29 is 22.5 Å². The second-order valence-corrected chi connectivity index (χ2v) is 9.67. The number of aromatic amines is 1. The van der Waals surface area contributed by atoms with E-state index in [2.05, 4.69) is 25.5 Å². The van der Waals surface area contributed by atoms with Crippen molar-refractivity contribution in [3.05, 3.63) is 107 Å². The van der Waals surface area contributed by atoms with E-state index in [0.717, 1.165) is 16.6 Å². The molecule has 2 aromatic heterocycles. The summed E-state index contributed by atoms with van der Waals surface area (Å²) in [6.07, 6.45) is -1.07. The molecule has 0 amide bonds. The molecule has 9 nitrogen and oxygen atoms in total. The second kappa shape index (κ2) is 10.8. The molecule has 5 rings (SSSR count). The number of benzene rings is 3. The van der Waals surface area contributed by atoms with Crippen LogP contribution >= 0.6 is 0 Å². The zero-order chi connectivity index (χ0) is 26.6. The normalized spacial score (nSPS) is 12.0. The molecule has 11 heteroatoms. The van der Waals surface area contributed by atoms with E-state index in [9.17, 15) is 17.9 Å². The first-order chi connectivity index (χ1) is 17.6. The van der Waals surface area contributed by atoms with E-state index in [0.29, 0.717) is 22.7 Å². The Kier molecular flexibility index (Phi) is 7.58. The number of fused-ring (bicyclic) bond motifs is 1. The Labute approximate surface area is 212 Å². The van der Waals surface area contributed by atoms with Crippen molar-refractivity contribution >= 4 is 32.7 Å². The minimum Gasteiger partial charge on any atom is -0.380 e. The zero-order valence-electron chi connectivity index (χ0n) is 19.9. The molecule has 0 aliphatic carbocycles. The van der Waals surface area contributed by atoms with Gasteiger partial charge in [0.2, 0.25) is 0 Å². The number of hydrogen-bond acceptors (Lipinski definition) is 7. The maximum absolute atomic E-state index is 13.1. The van der Waals surface area contributed by atoms with Gasteiger partial charge in [-0.25, -0.2) is 14.4 Å². The average molecular weight is 522 g/mol. The lowest BCUT2D eigenvalue weighted by Crippen LogP contribution is -2.08. The highest BCUT2D eigenvalue weighted by Crippen LogP contribution is 2.27. The number of para-hydroxylation sites is 1. The van der Waals surface area contributed by atoms with Gasteiger partial charge in [-0.1, -0.05) is 42.0 Å². The number of nitrogens with one attached hydrogen (secondary N) is 2. The van der Waals surface area contributed by atoms with Crippen molar-refractivity contribution in [2.75, 3.05) is 5.32 Å². The molecule has 1 atom stereocenters. The van der Waals surface area contributed by atoms with Gasteiger partial charge in [0.25, 0.3) is 10.1 Å². The monoisotopic (exact) mass is 521 g/mol. The number of anilines is 2. The van der Waals surface area contributed by atoms with Gasteiger partial charge in [-0.2, -0.15) is 13.5 Å². The minimum absolute atomic E-state index is 0.0666. The zero-order valence-corrected chi connectivity index (χ0v) is 20.7. The molecule has 190 valence electrons. The summed E-state index contributed by atoms with van der Waals surface area (Å²) in [5.74, 6) is 1.02. The average Bonchev–Trinajstić information content (AvgIpc) is 3.28. The number of aromatic nitrogens is 4. The summed E-state index contributed by atoms with van der Waals surface area (Å²) < 4.78 is 42.7. The van der Waals surface area contributed by atoms with Crippen LogP contribution in [0.15, 0.2) is 83.8 Å². The predicted octanol–water partition coefficient (Wildman–Crippen LogP) is 4.87. The maximum atomic E-state index is 13.1. The maximum Gasteiger partial charge on any atom is 0.294 e. The molecule has 0 aliphatic heterocycles. The Bertz CT molecular complexity index is 1620. The van der Waals surface area contributed by atoms with Gasteiger partial charge in [-0.15, -0.1) is 0 Å². The molecule has 0 spiro atoms. The fourth-order valence-corrected chi connectivity index (χ4v) is 3.90. The standard InChI is InChI=1S/C19H16FN5O.C7H8O3S/c1-11-10-16(25-24-11)22-18-14-4-2-3-5-15(14)21-19(23-18)17(26)12-6-8-13(20)9-7-12;1-6-2-4-7(5-3-6)11(8,9)10/h2-10,17,26H,1H3,(H2,21,22,23,24,25);2-5H,1H3,(H,8,9,10)/t17-;/m0./s1. The van der Waals surface area contributed by atoms with Crippen LogP contribution in [0.1, 0.15) is 28.7 Å². The highest BCUT2D eigenvalue weighted by Gasteiger charge is 2.17. The van der Waals surface area contributed by atoms with Crippen LogP contribution in [-0.4, -0.2) is 38.2 Å². The lowest BCUT2D eigenvalue weighted by molar-refractivity contribution is 0.210. The van der Waals surface area contributed by atoms with E-state index in [1.165, 1.54) is 36.4 Å². The lowest BCUT2D eigenvalue weighted by Gasteiger charge is -2.13. The molecular weight excluding hydrogens is 497 g/mol. The van der Waals surface area contributed by atoms with Crippen LogP contribution in [-0.2, 0) is 10.1 Å². The van der Waals surface area contributed by atoms with Crippen LogP contribution in [0.5, 0.6) is 0 Å². The highest BCUT2D eigenvalue weighted by atomic mass is 32.2. The molecule has 0 aliphatic rings. The number of H-pyrrole nitrogens is 1. The van der Waals surface area contributed by atoms with Crippen molar-refractivity contribution in [3.8, 4) is 0 Å². The van der Waals surface area contributed by atoms with Crippen LogP contribution in [0.4, 0.5) is 16.0 Å². The number of rotatable bonds is 5. The summed E-state index contributed by atoms with van der Waals surface area (Å²) in [6, 6.07) is 21.0.